The van der Waals surface area contributed by atoms with Gasteiger partial charge in [-0.25, -0.2) is 0 Å². The number of aromatic nitrogens is 1. The molecule has 1 aromatic rings. The summed E-state index contributed by atoms with van der Waals surface area (Å²) in [6.07, 6.45) is 13.1. The number of nitrogens with zero attached hydrogens (tertiary/aromatic N) is 1. The van der Waals surface area contributed by atoms with E-state index in [1.165, 1.54) is 50.5 Å². The minimum atomic E-state index is 0.353. The number of rotatable bonds is 8. The molecule has 1 nitrogen and oxygen atoms in total. The Morgan fingerprint density at radius 2 is 1.65 bits per heavy atom. The van der Waals surface area contributed by atoms with Crippen LogP contribution < -0.4 is 0 Å². The van der Waals surface area contributed by atoms with Crippen molar-refractivity contribution < 1.29 is 0 Å². The van der Waals surface area contributed by atoms with E-state index >= 15 is 0 Å². The highest BCUT2D eigenvalue weighted by Crippen LogP contribution is 2.34. The monoisotopic (exact) mass is 233 g/mol. The van der Waals surface area contributed by atoms with Crippen LogP contribution in [0.1, 0.15) is 71.3 Å². The molecule has 0 aliphatic rings. The van der Waals surface area contributed by atoms with Crippen molar-refractivity contribution in [1.29, 1.82) is 0 Å². The maximum absolute atomic E-state index is 4.13. The molecule has 0 radical (unpaired) electrons. The minimum Gasteiger partial charge on any atom is -0.265 e. The Morgan fingerprint density at radius 1 is 0.941 bits per heavy atom. The van der Waals surface area contributed by atoms with Crippen LogP contribution in [-0.4, -0.2) is 4.98 Å². The smallest absolute Gasteiger partial charge is 0.0270 e. The zero-order valence-corrected chi connectivity index (χ0v) is 11.7. The fourth-order valence-electron chi connectivity index (χ4n) is 2.66. The first kappa shape index (κ1) is 14.2. The van der Waals surface area contributed by atoms with Gasteiger partial charge in [0.2, 0.25) is 0 Å². The maximum Gasteiger partial charge on any atom is 0.0270 e. The van der Waals surface area contributed by atoms with Gasteiger partial charge in [0.15, 0.2) is 0 Å². The van der Waals surface area contributed by atoms with E-state index in [1.54, 1.807) is 0 Å². The van der Waals surface area contributed by atoms with Crippen LogP contribution in [0, 0.1) is 0 Å². The molecule has 0 amide bonds. The van der Waals surface area contributed by atoms with Crippen LogP contribution >= 0.6 is 0 Å². The number of pyridine rings is 1. The third-order valence-electron chi connectivity index (χ3n) is 3.76. The summed E-state index contributed by atoms with van der Waals surface area (Å²) < 4.78 is 0. The quantitative estimate of drug-likeness (QED) is 0.569. The zero-order valence-electron chi connectivity index (χ0n) is 11.7. The summed E-state index contributed by atoms with van der Waals surface area (Å²) in [5.74, 6) is 0. The molecule has 1 atom stereocenters. The Labute approximate surface area is 107 Å². The van der Waals surface area contributed by atoms with E-state index in [9.17, 15) is 0 Å². The molecule has 0 bridgehead atoms. The first-order valence-corrected chi connectivity index (χ1v) is 7.13. The number of hydrogen-bond donors (Lipinski definition) is 0. The summed E-state index contributed by atoms with van der Waals surface area (Å²) in [4.78, 5) is 4.13. The third kappa shape index (κ3) is 4.49. The Kier molecular flexibility index (Phi) is 6.25. The molecule has 96 valence electrons. The zero-order chi connectivity index (χ0) is 12.6. The predicted octanol–water partition coefficient (Wildman–Crippen LogP) is 5.11. The van der Waals surface area contributed by atoms with Crippen molar-refractivity contribution in [1.82, 2.24) is 4.98 Å². The van der Waals surface area contributed by atoms with Crippen LogP contribution in [0.5, 0.6) is 0 Å². The van der Waals surface area contributed by atoms with Crippen LogP contribution in [0.4, 0.5) is 0 Å². The van der Waals surface area contributed by atoms with Crippen molar-refractivity contribution in [3.05, 3.63) is 30.1 Å². The van der Waals surface area contributed by atoms with Crippen molar-refractivity contribution in [3.8, 4) is 0 Å². The third-order valence-corrected chi connectivity index (χ3v) is 3.76. The molecule has 0 fully saturated rings. The molecule has 1 heteroatoms. The lowest BCUT2D eigenvalue weighted by molar-refractivity contribution is 0.376. The van der Waals surface area contributed by atoms with Gasteiger partial charge in [0.25, 0.3) is 0 Å². The van der Waals surface area contributed by atoms with Gasteiger partial charge in [-0.15, -0.1) is 0 Å². The van der Waals surface area contributed by atoms with Crippen molar-refractivity contribution in [3.63, 3.8) is 0 Å². The van der Waals surface area contributed by atoms with E-state index in [2.05, 4.69) is 37.9 Å². The summed E-state index contributed by atoms with van der Waals surface area (Å²) in [6.45, 7) is 6.97. The summed E-state index contributed by atoms with van der Waals surface area (Å²) in [5, 5.41) is 0. The standard InChI is InChI=1S/C16H27N/c1-4-6-7-8-12-16(3,11-5-2)15-9-13-17-14-10-15/h9-10,13-14H,4-8,11-12H2,1-3H3. The molecule has 1 aromatic heterocycles. The first-order chi connectivity index (χ1) is 8.23. The fourth-order valence-corrected chi connectivity index (χ4v) is 2.66. The van der Waals surface area contributed by atoms with Gasteiger partial charge < -0.3 is 0 Å². The highest BCUT2D eigenvalue weighted by Gasteiger charge is 2.24. The van der Waals surface area contributed by atoms with Crippen LogP contribution in [0.15, 0.2) is 24.5 Å². The normalized spacial score (nSPS) is 14.5. The van der Waals surface area contributed by atoms with Crippen LogP contribution in [0.25, 0.3) is 0 Å². The molecule has 0 aromatic carbocycles. The second kappa shape index (κ2) is 7.47. The summed E-state index contributed by atoms with van der Waals surface area (Å²) in [5.41, 5.74) is 1.82. The second-order valence-electron chi connectivity index (χ2n) is 5.36. The van der Waals surface area contributed by atoms with Crippen LogP contribution in [0.3, 0.4) is 0 Å². The van der Waals surface area contributed by atoms with Crippen molar-refractivity contribution >= 4 is 0 Å². The largest absolute Gasteiger partial charge is 0.265 e. The van der Waals surface area contributed by atoms with Gasteiger partial charge in [-0.1, -0.05) is 52.9 Å². The molecular formula is C16H27N. The second-order valence-corrected chi connectivity index (χ2v) is 5.36. The Balaban J connectivity index is 2.62. The Hall–Kier alpha value is -0.850. The minimum absolute atomic E-state index is 0.353. The van der Waals surface area contributed by atoms with Crippen LogP contribution in [-0.2, 0) is 5.41 Å². The Bertz CT molecular complexity index is 294. The number of unbranched alkanes of at least 4 members (excludes halogenated alkanes) is 3. The first-order valence-electron chi connectivity index (χ1n) is 7.13. The molecule has 0 saturated carbocycles. The van der Waals surface area contributed by atoms with Gasteiger partial charge in [-0.3, -0.25) is 4.98 Å². The molecule has 0 aliphatic heterocycles. The SMILES string of the molecule is CCCCCCC(C)(CCC)c1ccncc1. The number of hydrogen-bond acceptors (Lipinski definition) is 1. The van der Waals surface area contributed by atoms with E-state index in [-0.39, 0.29) is 0 Å². The highest BCUT2D eigenvalue weighted by atomic mass is 14.6. The van der Waals surface area contributed by atoms with E-state index in [1.807, 2.05) is 12.4 Å². The van der Waals surface area contributed by atoms with Crippen molar-refractivity contribution in [2.45, 2.75) is 71.1 Å². The van der Waals surface area contributed by atoms with E-state index in [0.717, 1.165) is 0 Å². The van der Waals surface area contributed by atoms with Gasteiger partial charge in [0, 0.05) is 12.4 Å². The highest BCUT2D eigenvalue weighted by molar-refractivity contribution is 5.21. The molecule has 1 rings (SSSR count). The summed E-state index contributed by atoms with van der Waals surface area (Å²) in [7, 11) is 0. The molecule has 17 heavy (non-hydrogen) atoms. The molecule has 0 spiro atoms. The average molecular weight is 233 g/mol. The predicted molar refractivity (Wildman–Crippen MR) is 75.3 cm³/mol. The van der Waals surface area contributed by atoms with Gasteiger partial charge in [0.1, 0.15) is 0 Å². The molecule has 0 saturated heterocycles. The molecule has 1 heterocycles. The fraction of sp³-hybridized carbons (Fsp3) is 0.688. The molecular weight excluding hydrogens is 206 g/mol. The lowest BCUT2D eigenvalue weighted by Gasteiger charge is -2.30. The van der Waals surface area contributed by atoms with Gasteiger partial charge in [-0.05, 0) is 36.0 Å². The van der Waals surface area contributed by atoms with E-state index in [0.29, 0.717) is 5.41 Å². The molecule has 1 unspecified atom stereocenters. The lowest BCUT2D eigenvalue weighted by atomic mass is 9.75. The lowest BCUT2D eigenvalue weighted by Crippen LogP contribution is -2.21. The van der Waals surface area contributed by atoms with Gasteiger partial charge in [0.05, 0.1) is 0 Å². The van der Waals surface area contributed by atoms with Gasteiger partial charge in [-0.2, -0.15) is 0 Å². The Morgan fingerprint density at radius 3 is 2.24 bits per heavy atom. The van der Waals surface area contributed by atoms with Gasteiger partial charge >= 0.3 is 0 Å². The van der Waals surface area contributed by atoms with E-state index < -0.39 is 0 Å². The van der Waals surface area contributed by atoms with Crippen molar-refractivity contribution in [2.24, 2.45) is 0 Å². The summed E-state index contributed by atoms with van der Waals surface area (Å²) in [6, 6.07) is 4.38. The molecule has 0 aliphatic carbocycles. The maximum atomic E-state index is 4.13. The average Bonchev–Trinajstić information content (AvgIpc) is 2.36. The van der Waals surface area contributed by atoms with Crippen molar-refractivity contribution in [2.75, 3.05) is 0 Å². The topological polar surface area (TPSA) is 12.9 Å². The molecule has 0 N–H and O–H groups in total. The van der Waals surface area contributed by atoms with E-state index in [4.69, 9.17) is 0 Å². The van der Waals surface area contributed by atoms with Crippen LogP contribution in [0.2, 0.25) is 0 Å². The summed E-state index contributed by atoms with van der Waals surface area (Å²) >= 11 is 0.